The average Bonchev–Trinajstić information content (AvgIpc) is 2.12. The van der Waals surface area contributed by atoms with E-state index in [2.05, 4.69) is 25.7 Å². The molecule has 0 heterocycles. The van der Waals surface area contributed by atoms with Gasteiger partial charge in [-0.2, -0.15) is 0 Å². The fourth-order valence-corrected chi connectivity index (χ4v) is 2.44. The first kappa shape index (κ1) is 18.1. The van der Waals surface area contributed by atoms with Gasteiger partial charge in [-0.1, -0.05) is 6.42 Å². The fourth-order valence-electron chi connectivity index (χ4n) is 1.51. The summed E-state index contributed by atoms with van der Waals surface area (Å²) in [7, 11) is 2.42. The van der Waals surface area contributed by atoms with Crippen LogP contribution in [0.4, 0.5) is 0 Å². The molecule has 0 saturated heterocycles. The SMILES string of the molecule is CC(C)OP(=O)([O-])OCCCCCC[N+](C)(C)C. The maximum atomic E-state index is 11.2. The van der Waals surface area contributed by atoms with Gasteiger partial charge in [-0.3, -0.25) is 4.57 Å². The molecule has 0 radical (unpaired) electrons. The van der Waals surface area contributed by atoms with E-state index in [9.17, 15) is 9.46 Å². The smallest absolute Gasteiger partial charge is 0.268 e. The van der Waals surface area contributed by atoms with Crippen LogP contribution >= 0.6 is 7.82 Å². The summed E-state index contributed by atoms with van der Waals surface area (Å²) in [6, 6.07) is 0. The Morgan fingerprint density at radius 2 is 1.67 bits per heavy atom. The second-order valence-electron chi connectivity index (χ2n) is 5.86. The maximum Gasteiger partial charge on any atom is 0.268 e. The van der Waals surface area contributed by atoms with Crippen molar-refractivity contribution in [1.82, 2.24) is 0 Å². The molecule has 0 rings (SSSR count). The van der Waals surface area contributed by atoms with Crippen LogP contribution in [0.5, 0.6) is 0 Å². The molecule has 0 aliphatic heterocycles. The van der Waals surface area contributed by atoms with Crippen LogP contribution in [0.15, 0.2) is 0 Å². The summed E-state index contributed by atoms with van der Waals surface area (Å²) in [6.45, 7) is 4.69. The van der Waals surface area contributed by atoms with Crippen molar-refractivity contribution in [2.45, 2.75) is 45.6 Å². The largest absolute Gasteiger partial charge is 0.756 e. The lowest BCUT2D eigenvalue weighted by molar-refractivity contribution is -0.870. The van der Waals surface area contributed by atoms with Gasteiger partial charge >= 0.3 is 0 Å². The highest BCUT2D eigenvalue weighted by molar-refractivity contribution is 7.45. The Morgan fingerprint density at radius 1 is 1.11 bits per heavy atom. The molecule has 0 saturated carbocycles. The second kappa shape index (κ2) is 8.28. The minimum atomic E-state index is -4.08. The number of hydrogen-bond acceptors (Lipinski definition) is 4. The van der Waals surface area contributed by atoms with E-state index in [1.807, 2.05) is 0 Å². The van der Waals surface area contributed by atoms with Crippen LogP contribution in [0.25, 0.3) is 0 Å². The molecule has 1 atom stereocenters. The second-order valence-corrected chi connectivity index (χ2v) is 7.23. The van der Waals surface area contributed by atoms with Crippen LogP contribution in [-0.4, -0.2) is 44.9 Å². The van der Waals surface area contributed by atoms with E-state index >= 15 is 0 Å². The summed E-state index contributed by atoms with van der Waals surface area (Å²) in [4.78, 5) is 11.2. The molecule has 110 valence electrons. The van der Waals surface area contributed by atoms with Crippen molar-refractivity contribution in [1.29, 1.82) is 0 Å². The number of rotatable bonds is 10. The topological polar surface area (TPSA) is 58.6 Å². The van der Waals surface area contributed by atoms with Crippen molar-refractivity contribution < 1.29 is 23.0 Å². The van der Waals surface area contributed by atoms with Gasteiger partial charge in [0.15, 0.2) is 0 Å². The molecule has 0 aliphatic rings. The van der Waals surface area contributed by atoms with Gasteiger partial charge in [0.2, 0.25) is 0 Å². The van der Waals surface area contributed by atoms with Crippen LogP contribution < -0.4 is 4.89 Å². The summed E-state index contributed by atoms with van der Waals surface area (Å²) in [5.74, 6) is 0. The third kappa shape index (κ3) is 12.5. The molecule has 0 fully saturated rings. The van der Waals surface area contributed by atoms with E-state index in [0.29, 0.717) is 0 Å². The highest BCUT2D eigenvalue weighted by atomic mass is 31.2. The lowest BCUT2D eigenvalue weighted by Gasteiger charge is -2.25. The third-order valence-electron chi connectivity index (χ3n) is 2.31. The molecule has 0 aromatic heterocycles. The molecule has 0 spiro atoms. The number of quaternary nitrogens is 1. The fraction of sp³-hybridized carbons (Fsp3) is 1.00. The van der Waals surface area contributed by atoms with E-state index in [1.54, 1.807) is 13.8 Å². The average molecular weight is 281 g/mol. The van der Waals surface area contributed by atoms with E-state index in [-0.39, 0.29) is 12.7 Å². The zero-order valence-corrected chi connectivity index (χ0v) is 13.2. The van der Waals surface area contributed by atoms with Crippen LogP contribution in [0, 0.1) is 0 Å². The maximum absolute atomic E-state index is 11.2. The standard InChI is InChI=1S/C12H28NO4P/c1-12(2)17-18(14,15)16-11-9-7-6-8-10-13(3,4)5/h12H,6-11H2,1-5H3. The number of nitrogens with zero attached hydrogens (tertiary/aromatic N) is 1. The summed E-state index contributed by atoms with van der Waals surface area (Å²) in [5, 5.41) is 0. The van der Waals surface area contributed by atoms with Gasteiger partial charge in [0.05, 0.1) is 40.4 Å². The van der Waals surface area contributed by atoms with Crippen molar-refractivity contribution in [2.24, 2.45) is 0 Å². The van der Waals surface area contributed by atoms with Crippen LogP contribution in [-0.2, 0) is 13.6 Å². The molecule has 0 aliphatic carbocycles. The first-order valence-corrected chi connectivity index (χ1v) is 8.03. The van der Waals surface area contributed by atoms with Gasteiger partial charge in [-0.15, -0.1) is 0 Å². The van der Waals surface area contributed by atoms with E-state index in [0.717, 1.165) is 36.7 Å². The van der Waals surface area contributed by atoms with Gasteiger partial charge in [0, 0.05) is 0 Å². The van der Waals surface area contributed by atoms with Gasteiger partial charge < -0.3 is 18.4 Å². The third-order valence-corrected chi connectivity index (χ3v) is 3.49. The van der Waals surface area contributed by atoms with E-state index in [4.69, 9.17) is 4.52 Å². The molecule has 6 heteroatoms. The van der Waals surface area contributed by atoms with Crippen molar-refractivity contribution >= 4 is 7.82 Å². The lowest BCUT2D eigenvalue weighted by atomic mass is 10.2. The molecule has 0 N–H and O–H groups in total. The lowest BCUT2D eigenvalue weighted by Crippen LogP contribution is -2.35. The molecule has 1 unspecified atom stereocenters. The minimum Gasteiger partial charge on any atom is -0.756 e. The van der Waals surface area contributed by atoms with Gasteiger partial charge in [0.1, 0.15) is 0 Å². The molecule has 5 nitrogen and oxygen atoms in total. The van der Waals surface area contributed by atoms with E-state index < -0.39 is 7.82 Å². The summed E-state index contributed by atoms with van der Waals surface area (Å²) < 4.78 is 21.7. The number of unbranched alkanes of at least 4 members (excludes halogenated alkanes) is 3. The Balaban J connectivity index is 3.49. The zero-order chi connectivity index (χ0) is 14.2. The summed E-state index contributed by atoms with van der Waals surface area (Å²) in [5.41, 5.74) is 0. The van der Waals surface area contributed by atoms with Crippen molar-refractivity contribution in [3.05, 3.63) is 0 Å². The Hall–Kier alpha value is 0.0700. The molecular weight excluding hydrogens is 253 g/mol. The van der Waals surface area contributed by atoms with Gasteiger partial charge in [0.25, 0.3) is 7.82 Å². The van der Waals surface area contributed by atoms with Gasteiger partial charge in [-0.05, 0) is 33.1 Å². The van der Waals surface area contributed by atoms with Crippen LogP contribution in [0.2, 0.25) is 0 Å². The predicted molar refractivity (Wildman–Crippen MR) is 71.1 cm³/mol. The first-order valence-electron chi connectivity index (χ1n) is 6.57. The van der Waals surface area contributed by atoms with Crippen molar-refractivity contribution in [3.63, 3.8) is 0 Å². The Labute approximate surface area is 111 Å². The molecular formula is C12H28NO4P. The first-order chi connectivity index (χ1) is 8.12. The van der Waals surface area contributed by atoms with Gasteiger partial charge in [-0.25, -0.2) is 0 Å². The highest BCUT2D eigenvalue weighted by Gasteiger charge is 2.11. The number of hydrogen-bond donors (Lipinski definition) is 0. The zero-order valence-electron chi connectivity index (χ0n) is 12.3. The van der Waals surface area contributed by atoms with Crippen molar-refractivity contribution in [3.8, 4) is 0 Å². The number of phosphoric ester groups is 1. The van der Waals surface area contributed by atoms with Crippen molar-refractivity contribution in [2.75, 3.05) is 34.3 Å². The highest BCUT2D eigenvalue weighted by Crippen LogP contribution is 2.39. The van der Waals surface area contributed by atoms with Crippen LogP contribution in [0.1, 0.15) is 39.5 Å². The Kier molecular flexibility index (Phi) is 8.31. The minimum absolute atomic E-state index is 0.220. The normalized spacial score (nSPS) is 15.9. The molecule has 0 aromatic rings. The predicted octanol–water partition coefficient (Wildman–Crippen LogP) is 2.16. The van der Waals surface area contributed by atoms with E-state index in [1.165, 1.54) is 0 Å². The Bertz CT molecular complexity index is 263. The summed E-state index contributed by atoms with van der Waals surface area (Å²) in [6.07, 6.45) is 3.64. The summed E-state index contributed by atoms with van der Waals surface area (Å²) >= 11 is 0. The monoisotopic (exact) mass is 281 g/mol. The number of phosphoric acid groups is 1. The van der Waals surface area contributed by atoms with Crippen LogP contribution in [0.3, 0.4) is 0 Å². The molecule has 18 heavy (non-hydrogen) atoms. The molecule has 0 amide bonds. The Morgan fingerprint density at radius 3 is 2.17 bits per heavy atom. The quantitative estimate of drug-likeness (QED) is 0.350. The molecule has 0 aromatic carbocycles. The molecule has 0 bridgehead atoms.